The van der Waals surface area contributed by atoms with E-state index in [1.54, 1.807) is 4.90 Å². The lowest BCUT2D eigenvalue weighted by Crippen LogP contribution is -2.33. The number of benzene rings is 1. The lowest BCUT2D eigenvalue weighted by Gasteiger charge is -2.17. The van der Waals surface area contributed by atoms with Crippen LogP contribution in [0.15, 0.2) is 24.3 Å². The Morgan fingerprint density at radius 1 is 1.40 bits per heavy atom. The number of carboxylic acid groups (broad SMARTS) is 1. The molecule has 1 heterocycles. The molecule has 1 saturated heterocycles. The Bertz CT molecular complexity index is 500. The summed E-state index contributed by atoms with van der Waals surface area (Å²) in [6.07, 6.45) is 1.36. The number of rotatable bonds is 5. The van der Waals surface area contributed by atoms with Crippen LogP contribution in [0.4, 0.5) is 0 Å². The van der Waals surface area contributed by atoms with Crippen molar-refractivity contribution in [1.29, 1.82) is 0 Å². The summed E-state index contributed by atoms with van der Waals surface area (Å²) < 4.78 is 5.56. The number of amides is 1. The van der Waals surface area contributed by atoms with Crippen LogP contribution in [0.1, 0.15) is 18.9 Å². The summed E-state index contributed by atoms with van der Waals surface area (Å²) in [5.41, 5.74) is 1.06. The number of hydrogen-bond acceptors (Lipinski definition) is 3. The van der Waals surface area contributed by atoms with Crippen molar-refractivity contribution < 1.29 is 19.4 Å². The fourth-order valence-electron chi connectivity index (χ4n) is 2.36. The van der Waals surface area contributed by atoms with Gasteiger partial charge in [-0.15, -0.1) is 0 Å². The van der Waals surface area contributed by atoms with Gasteiger partial charge in [0.15, 0.2) is 6.61 Å². The predicted molar refractivity (Wildman–Crippen MR) is 73.6 cm³/mol. The number of nitrogens with zero attached hydrogens (tertiary/aromatic N) is 1. The number of hydrogen-bond donors (Lipinski definition) is 1. The topological polar surface area (TPSA) is 66.8 Å². The van der Waals surface area contributed by atoms with E-state index < -0.39 is 11.9 Å². The van der Waals surface area contributed by atoms with Gasteiger partial charge in [0.25, 0.3) is 5.91 Å². The molecule has 1 fully saturated rings. The van der Waals surface area contributed by atoms with Gasteiger partial charge in [0.05, 0.1) is 5.92 Å². The molecule has 1 aliphatic rings. The second-order valence-electron chi connectivity index (χ2n) is 4.91. The van der Waals surface area contributed by atoms with Crippen molar-refractivity contribution in [1.82, 2.24) is 4.90 Å². The molecule has 0 saturated carbocycles. The molecule has 20 heavy (non-hydrogen) atoms. The van der Waals surface area contributed by atoms with Gasteiger partial charge in [-0.3, -0.25) is 9.59 Å². The van der Waals surface area contributed by atoms with Crippen molar-refractivity contribution in [2.75, 3.05) is 19.7 Å². The molecule has 0 spiro atoms. The van der Waals surface area contributed by atoms with Gasteiger partial charge < -0.3 is 14.7 Å². The highest BCUT2D eigenvalue weighted by molar-refractivity contribution is 5.80. The van der Waals surface area contributed by atoms with Crippen LogP contribution in [0.2, 0.25) is 0 Å². The number of carbonyl (C=O) groups excluding carboxylic acids is 1. The van der Waals surface area contributed by atoms with Gasteiger partial charge in [-0.05, 0) is 24.5 Å². The predicted octanol–water partition coefficient (Wildman–Crippen LogP) is 1.56. The highest BCUT2D eigenvalue weighted by atomic mass is 16.5. The molecule has 1 aromatic carbocycles. The zero-order valence-corrected chi connectivity index (χ0v) is 11.5. The van der Waals surface area contributed by atoms with Gasteiger partial charge in [0.2, 0.25) is 0 Å². The van der Waals surface area contributed by atoms with Crippen molar-refractivity contribution >= 4 is 11.9 Å². The van der Waals surface area contributed by atoms with E-state index in [0.717, 1.165) is 17.7 Å². The molecule has 1 atom stereocenters. The largest absolute Gasteiger partial charge is 0.483 e. The third-order valence-corrected chi connectivity index (χ3v) is 3.59. The van der Waals surface area contributed by atoms with Crippen LogP contribution in [-0.4, -0.2) is 41.6 Å². The molecule has 1 N–H and O–H groups in total. The Balaban J connectivity index is 1.88. The summed E-state index contributed by atoms with van der Waals surface area (Å²) in [5.74, 6) is -0.712. The highest BCUT2D eigenvalue weighted by Crippen LogP contribution is 2.20. The van der Waals surface area contributed by atoms with Crippen LogP contribution in [0.5, 0.6) is 5.75 Å². The minimum absolute atomic E-state index is 0.0383. The van der Waals surface area contributed by atoms with Crippen molar-refractivity contribution in [2.45, 2.75) is 19.8 Å². The molecule has 0 radical (unpaired) electrons. The van der Waals surface area contributed by atoms with E-state index in [1.807, 2.05) is 31.2 Å². The minimum atomic E-state index is -0.836. The minimum Gasteiger partial charge on any atom is -0.483 e. The Labute approximate surface area is 118 Å². The molecular formula is C15H19NO4. The number of ether oxygens (including phenoxy) is 1. The molecule has 1 unspecified atom stereocenters. The van der Waals surface area contributed by atoms with Gasteiger partial charge in [-0.1, -0.05) is 25.1 Å². The van der Waals surface area contributed by atoms with Crippen molar-refractivity contribution in [3.05, 3.63) is 29.8 Å². The molecular weight excluding hydrogens is 258 g/mol. The SMILES string of the molecule is CCc1ccccc1OCC(=O)N1CCC(C(=O)O)C1. The quantitative estimate of drug-likeness (QED) is 0.887. The lowest BCUT2D eigenvalue weighted by atomic mass is 10.1. The average Bonchev–Trinajstić information content (AvgIpc) is 2.95. The van der Waals surface area contributed by atoms with Gasteiger partial charge in [0.1, 0.15) is 5.75 Å². The van der Waals surface area contributed by atoms with Gasteiger partial charge in [0, 0.05) is 13.1 Å². The summed E-state index contributed by atoms with van der Waals surface area (Å²) in [5, 5.41) is 8.92. The summed E-state index contributed by atoms with van der Waals surface area (Å²) in [6.45, 7) is 2.77. The first-order valence-electron chi connectivity index (χ1n) is 6.83. The normalized spacial score (nSPS) is 18.1. The number of para-hydroxylation sites is 1. The molecule has 5 heteroatoms. The molecule has 1 aliphatic heterocycles. The number of carbonyl (C=O) groups is 2. The Morgan fingerprint density at radius 3 is 2.80 bits per heavy atom. The van der Waals surface area contributed by atoms with Gasteiger partial charge in [-0.2, -0.15) is 0 Å². The monoisotopic (exact) mass is 277 g/mol. The zero-order valence-electron chi connectivity index (χ0n) is 11.5. The molecule has 108 valence electrons. The van der Waals surface area contributed by atoms with Crippen molar-refractivity contribution in [2.24, 2.45) is 5.92 Å². The average molecular weight is 277 g/mol. The van der Waals surface area contributed by atoms with E-state index in [0.29, 0.717) is 13.0 Å². The lowest BCUT2D eigenvalue weighted by molar-refractivity contribution is -0.141. The number of aliphatic carboxylic acids is 1. The third kappa shape index (κ3) is 3.29. The molecule has 2 rings (SSSR count). The van der Waals surface area contributed by atoms with Crippen LogP contribution in [0.25, 0.3) is 0 Å². The molecule has 5 nitrogen and oxygen atoms in total. The first kappa shape index (κ1) is 14.4. The van der Waals surface area contributed by atoms with Crippen LogP contribution in [0, 0.1) is 5.92 Å². The van der Waals surface area contributed by atoms with Crippen LogP contribution < -0.4 is 4.74 Å². The van der Waals surface area contributed by atoms with Gasteiger partial charge >= 0.3 is 5.97 Å². The Hall–Kier alpha value is -2.04. The maximum Gasteiger partial charge on any atom is 0.308 e. The standard InChI is InChI=1S/C15H19NO4/c1-2-11-5-3-4-6-13(11)20-10-14(17)16-8-7-12(9-16)15(18)19/h3-6,12H,2,7-10H2,1H3,(H,18,19). The summed E-state index contributed by atoms with van der Waals surface area (Å²) in [4.78, 5) is 24.4. The fraction of sp³-hybridized carbons (Fsp3) is 0.467. The molecule has 0 aromatic heterocycles. The maximum atomic E-state index is 12.0. The third-order valence-electron chi connectivity index (χ3n) is 3.59. The summed E-state index contributed by atoms with van der Waals surface area (Å²) in [7, 11) is 0. The van der Waals surface area contributed by atoms with E-state index in [9.17, 15) is 9.59 Å². The smallest absolute Gasteiger partial charge is 0.308 e. The van der Waals surface area contributed by atoms with E-state index >= 15 is 0 Å². The fourth-order valence-corrected chi connectivity index (χ4v) is 2.36. The second kappa shape index (κ2) is 6.41. The van der Waals surface area contributed by atoms with E-state index in [4.69, 9.17) is 9.84 Å². The maximum absolute atomic E-state index is 12.0. The Morgan fingerprint density at radius 2 is 2.15 bits per heavy atom. The number of carboxylic acids is 1. The molecule has 0 aliphatic carbocycles. The molecule has 1 aromatic rings. The molecule has 1 amide bonds. The Kier molecular flexibility index (Phi) is 4.61. The molecule has 0 bridgehead atoms. The first-order chi connectivity index (χ1) is 9.61. The summed E-state index contributed by atoms with van der Waals surface area (Å²) >= 11 is 0. The van der Waals surface area contributed by atoms with Crippen LogP contribution in [-0.2, 0) is 16.0 Å². The number of likely N-dealkylation sites (tertiary alicyclic amines) is 1. The second-order valence-corrected chi connectivity index (χ2v) is 4.91. The zero-order chi connectivity index (χ0) is 14.5. The number of aryl methyl sites for hydroxylation is 1. The highest BCUT2D eigenvalue weighted by Gasteiger charge is 2.30. The van der Waals surface area contributed by atoms with Gasteiger partial charge in [-0.25, -0.2) is 0 Å². The van der Waals surface area contributed by atoms with Crippen LogP contribution in [0.3, 0.4) is 0 Å². The van der Waals surface area contributed by atoms with Crippen LogP contribution >= 0.6 is 0 Å². The van der Waals surface area contributed by atoms with E-state index in [1.165, 1.54) is 0 Å². The first-order valence-corrected chi connectivity index (χ1v) is 6.83. The summed E-state index contributed by atoms with van der Waals surface area (Å²) in [6, 6.07) is 7.62. The van der Waals surface area contributed by atoms with E-state index in [-0.39, 0.29) is 19.1 Å². The van der Waals surface area contributed by atoms with E-state index in [2.05, 4.69) is 0 Å². The van der Waals surface area contributed by atoms with Crippen molar-refractivity contribution in [3.8, 4) is 5.75 Å². The van der Waals surface area contributed by atoms with Crippen molar-refractivity contribution in [3.63, 3.8) is 0 Å².